The van der Waals surface area contributed by atoms with E-state index in [-0.39, 0.29) is 11.2 Å². The van der Waals surface area contributed by atoms with E-state index in [0.717, 1.165) is 0 Å². The van der Waals surface area contributed by atoms with E-state index in [2.05, 4.69) is 33.0 Å². The molecule has 0 saturated heterocycles. The largest absolute Gasteiger partial charge is 0.475 e. The number of furan rings is 1. The molecule has 0 amide bonds. The van der Waals surface area contributed by atoms with Crippen LogP contribution in [0.1, 0.15) is 44.0 Å². The Hall–Kier alpha value is -1.29. The highest BCUT2D eigenvalue weighted by Crippen LogP contribution is 2.19. The van der Waals surface area contributed by atoms with Crippen LogP contribution in [-0.4, -0.2) is 17.1 Å². The minimum absolute atomic E-state index is 0.0137. The van der Waals surface area contributed by atoms with Crippen molar-refractivity contribution in [2.24, 2.45) is 5.41 Å². The average molecular weight is 225 g/mol. The molecule has 4 heteroatoms. The van der Waals surface area contributed by atoms with Gasteiger partial charge in [-0.3, -0.25) is 0 Å². The molecule has 2 N–H and O–H groups in total. The lowest BCUT2D eigenvalue weighted by atomic mass is 9.88. The summed E-state index contributed by atoms with van der Waals surface area (Å²) < 4.78 is 5.15. The third-order valence-corrected chi connectivity index (χ3v) is 2.75. The summed E-state index contributed by atoms with van der Waals surface area (Å²) in [6.45, 7) is 9.09. The molecule has 0 bridgehead atoms. The van der Waals surface area contributed by atoms with Gasteiger partial charge in [0.1, 0.15) is 5.76 Å². The number of rotatable bonds is 4. The lowest BCUT2D eigenvalue weighted by Crippen LogP contribution is -2.37. The van der Waals surface area contributed by atoms with Crippen molar-refractivity contribution >= 4 is 5.97 Å². The maximum Gasteiger partial charge on any atom is 0.371 e. The molecular formula is C12H19NO3. The molecule has 1 unspecified atom stereocenters. The summed E-state index contributed by atoms with van der Waals surface area (Å²) >= 11 is 0. The summed E-state index contributed by atoms with van der Waals surface area (Å²) in [5.41, 5.74) is 0.169. The zero-order valence-electron chi connectivity index (χ0n) is 10.2. The van der Waals surface area contributed by atoms with Crippen LogP contribution in [0.15, 0.2) is 16.5 Å². The predicted molar refractivity (Wildman–Crippen MR) is 61.4 cm³/mol. The number of carbonyl (C=O) groups is 1. The van der Waals surface area contributed by atoms with Crippen LogP contribution < -0.4 is 5.32 Å². The minimum Gasteiger partial charge on any atom is -0.475 e. The fourth-order valence-corrected chi connectivity index (χ4v) is 1.15. The van der Waals surface area contributed by atoms with Crippen LogP contribution in [-0.2, 0) is 6.54 Å². The zero-order chi connectivity index (χ0) is 12.3. The Labute approximate surface area is 95.7 Å². The van der Waals surface area contributed by atoms with Gasteiger partial charge in [-0.2, -0.15) is 0 Å². The highest BCUT2D eigenvalue weighted by atomic mass is 16.4. The van der Waals surface area contributed by atoms with Gasteiger partial charge in [0.15, 0.2) is 0 Å². The van der Waals surface area contributed by atoms with Crippen molar-refractivity contribution in [2.45, 2.75) is 40.3 Å². The fourth-order valence-electron chi connectivity index (χ4n) is 1.15. The number of nitrogens with one attached hydrogen (secondary N) is 1. The number of hydrogen-bond acceptors (Lipinski definition) is 3. The molecule has 1 atom stereocenters. The summed E-state index contributed by atoms with van der Waals surface area (Å²) in [5.74, 6) is -0.399. The lowest BCUT2D eigenvalue weighted by molar-refractivity contribution is 0.0660. The van der Waals surface area contributed by atoms with Crippen molar-refractivity contribution in [1.29, 1.82) is 0 Å². The van der Waals surface area contributed by atoms with Crippen LogP contribution in [0, 0.1) is 5.41 Å². The summed E-state index contributed by atoms with van der Waals surface area (Å²) in [5, 5.41) is 12.0. The van der Waals surface area contributed by atoms with Gasteiger partial charge in [-0.05, 0) is 24.5 Å². The van der Waals surface area contributed by atoms with Crippen LogP contribution >= 0.6 is 0 Å². The topological polar surface area (TPSA) is 62.5 Å². The molecule has 0 saturated carbocycles. The van der Waals surface area contributed by atoms with E-state index in [4.69, 9.17) is 9.52 Å². The monoisotopic (exact) mass is 225 g/mol. The standard InChI is InChI=1S/C12H19NO3/c1-8(12(2,3)4)13-7-9-5-6-10(16-9)11(14)15/h5-6,8,13H,7H2,1-4H3,(H,14,15). The molecule has 0 fully saturated rings. The van der Waals surface area contributed by atoms with Crippen molar-refractivity contribution in [3.8, 4) is 0 Å². The van der Waals surface area contributed by atoms with Gasteiger partial charge >= 0.3 is 5.97 Å². The Morgan fingerprint density at radius 1 is 1.50 bits per heavy atom. The van der Waals surface area contributed by atoms with E-state index in [1.165, 1.54) is 6.07 Å². The third-order valence-electron chi connectivity index (χ3n) is 2.75. The highest BCUT2D eigenvalue weighted by molar-refractivity contribution is 5.84. The summed E-state index contributed by atoms with van der Waals surface area (Å²) in [6.07, 6.45) is 0. The number of aromatic carboxylic acids is 1. The maximum absolute atomic E-state index is 10.6. The Morgan fingerprint density at radius 3 is 2.56 bits per heavy atom. The van der Waals surface area contributed by atoms with Crippen LogP contribution in [0.5, 0.6) is 0 Å². The quantitative estimate of drug-likeness (QED) is 0.826. The van der Waals surface area contributed by atoms with E-state index < -0.39 is 5.97 Å². The number of hydrogen-bond donors (Lipinski definition) is 2. The smallest absolute Gasteiger partial charge is 0.371 e. The average Bonchev–Trinajstić information content (AvgIpc) is 2.60. The first-order valence-electron chi connectivity index (χ1n) is 5.36. The molecule has 0 aliphatic carbocycles. The molecular weight excluding hydrogens is 206 g/mol. The van der Waals surface area contributed by atoms with Crippen molar-refractivity contribution in [3.63, 3.8) is 0 Å². The second-order valence-corrected chi connectivity index (χ2v) is 5.04. The van der Waals surface area contributed by atoms with Crippen LogP contribution in [0.3, 0.4) is 0 Å². The molecule has 1 aromatic heterocycles. The van der Waals surface area contributed by atoms with Crippen molar-refractivity contribution in [1.82, 2.24) is 5.32 Å². The van der Waals surface area contributed by atoms with E-state index in [1.54, 1.807) is 6.07 Å². The molecule has 1 aromatic rings. The van der Waals surface area contributed by atoms with Gasteiger partial charge in [0.2, 0.25) is 5.76 Å². The van der Waals surface area contributed by atoms with E-state index >= 15 is 0 Å². The summed E-state index contributed by atoms with van der Waals surface area (Å²) in [7, 11) is 0. The fraction of sp³-hybridized carbons (Fsp3) is 0.583. The number of carboxylic acid groups (broad SMARTS) is 1. The van der Waals surface area contributed by atoms with E-state index in [1.807, 2.05) is 0 Å². The lowest BCUT2D eigenvalue weighted by Gasteiger charge is -2.27. The first-order valence-corrected chi connectivity index (χ1v) is 5.36. The van der Waals surface area contributed by atoms with Gasteiger partial charge in [-0.25, -0.2) is 4.79 Å². The van der Waals surface area contributed by atoms with Crippen LogP contribution in [0.25, 0.3) is 0 Å². The minimum atomic E-state index is -1.03. The van der Waals surface area contributed by atoms with Gasteiger partial charge in [0, 0.05) is 6.04 Å². The van der Waals surface area contributed by atoms with Crippen molar-refractivity contribution in [3.05, 3.63) is 23.7 Å². The molecule has 0 radical (unpaired) electrons. The van der Waals surface area contributed by atoms with Crippen LogP contribution in [0.2, 0.25) is 0 Å². The highest BCUT2D eigenvalue weighted by Gasteiger charge is 2.19. The van der Waals surface area contributed by atoms with Gasteiger partial charge < -0.3 is 14.8 Å². The summed E-state index contributed by atoms with van der Waals surface area (Å²) in [6, 6.07) is 3.48. The SMILES string of the molecule is CC(NCc1ccc(C(=O)O)o1)C(C)(C)C. The first kappa shape index (κ1) is 12.8. The van der Waals surface area contributed by atoms with Crippen LogP contribution in [0.4, 0.5) is 0 Å². The van der Waals surface area contributed by atoms with Gasteiger partial charge in [0.05, 0.1) is 6.54 Å². The molecule has 1 rings (SSSR count). The molecule has 0 spiro atoms. The Morgan fingerprint density at radius 2 is 2.12 bits per heavy atom. The van der Waals surface area contributed by atoms with Gasteiger partial charge in [-0.15, -0.1) is 0 Å². The second kappa shape index (κ2) is 4.70. The molecule has 0 aromatic carbocycles. The summed E-state index contributed by atoms with van der Waals surface area (Å²) in [4.78, 5) is 10.6. The van der Waals surface area contributed by atoms with Gasteiger partial charge in [-0.1, -0.05) is 20.8 Å². The molecule has 90 valence electrons. The Bertz CT molecular complexity index is 363. The predicted octanol–water partition coefficient (Wildman–Crippen LogP) is 2.50. The third kappa shape index (κ3) is 3.38. The molecule has 1 heterocycles. The first-order chi connectivity index (χ1) is 7.30. The second-order valence-electron chi connectivity index (χ2n) is 5.04. The van der Waals surface area contributed by atoms with E-state index in [0.29, 0.717) is 18.3 Å². The Balaban J connectivity index is 2.52. The van der Waals surface area contributed by atoms with Gasteiger partial charge in [0.25, 0.3) is 0 Å². The van der Waals surface area contributed by atoms with E-state index in [9.17, 15) is 4.79 Å². The number of carboxylic acids is 1. The zero-order valence-corrected chi connectivity index (χ0v) is 10.2. The Kier molecular flexibility index (Phi) is 3.75. The van der Waals surface area contributed by atoms with Crippen molar-refractivity contribution in [2.75, 3.05) is 0 Å². The molecule has 4 nitrogen and oxygen atoms in total. The van der Waals surface area contributed by atoms with Crippen molar-refractivity contribution < 1.29 is 14.3 Å². The molecule has 0 aliphatic heterocycles. The molecule has 16 heavy (non-hydrogen) atoms. The normalized spacial score (nSPS) is 13.8. The maximum atomic E-state index is 10.6. The molecule has 0 aliphatic rings.